The molecule has 0 radical (unpaired) electrons. The van der Waals surface area contributed by atoms with E-state index >= 15 is 0 Å². The van der Waals surface area contributed by atoms with Crippen molar-refractivity contribution < 1.29 is 9.18 Å². The minimum Gasteiger partial charge on any atom is -0.375 e. The molecule has 0 atom stereocenters. The Morgan fingerprint density at radius 2 is 2.24 bits per heavy atom. The summed E-state index contributed by atoms with van der Waals surface area (Å²) in [5, 5.41) is 5.65. The van der Waals surface area contributed by atoms with Crippen LogP contribution in [-0.4, -0.2) is 15.5 Å². The fourth-order valence-corrected chi connectivity index (χ4v) is 2.07. The average molecular weight is 290 g/mol. The second-order valence-electron chi connectivity index (χ2n) is 4.77. The third-order valence-electron chi connectivity index (χ3n) is 2.99. The lowest BCUT2D eigenvalue weighted by atomic mass is 10.2. The van der Waals surface area contributed by atoms with Crippen molar-refractivity contribution in [2.45, 2.75) is 33.4 Å². The summed E-state index contributed by atoms with van der Waals surface area (Å²) in [5.41, 5.74) is 0.899. The first-order valence-electron chi connectivity index (χ1n) is 6.91. The number of carbonyl (C=O) groups is 1. The van der Waals surface area contributed by atoms with Crippen LogP contribution < -0.4 is 10.6 Å². The minimum atomic E-state index is -0.363. The van der Waals surface area contributed by atoms with Crippen molar-refractivity contribution in [3.05, 3.63) is 42.2 Å². The summed E-state index contributed by atoms with van der Waals surface area (Å²) in [4.78, 5) is 15.3. The zero-order chi connectivity index (χ0) is 15.2. The number of imidazole rings is 1. The molecule has 1 amide bonds. The largest absolute Gasteiger partial charge is 0.375 e. The van der Waals surface area contributed by atoms with Gasteiger partial charge < -0.3 is 15.2 Å². The van der Waals surface area contributed by atoms with Crippen LogP contribution in [0.25, 0.3) is 0 Å². The molecule has 0 spiro atoms. The van der Waals surface area contributed by atoms with E-state index in [1.165, 1.54) is 19.1 Å². The first-order valence-corrected chi connectivity index (χ1v) is 6.91. The zero-order valence-corrected chi connectivity index (χ0v) is 12.2. The lowest BCUT2D eigenvalue weighted by molar-refractivity contribution is -0.114. The highest BCUT2D eigenvalue weighted by Crippen LogP contribution is 2.20. The van der Waals surface area contributed by atoms with Gasteiger partial charge in [-0.25, -0.2) is 9.37 Å². The lowest BCUT2D eigenvalue weighted by Gasteiger charge is -2.11. The summed E-state index contributed by atoms with van der Waals surface area (Å²) in [5.74, 6) is 0.296. The van der Waals surface area contributed by atoms with E-state index in [1.54, 1.807) is 12.3 Å². The van der Waals surface area contributed by atoms with Crippen molar-refractivity contribution in [2.24, 2.45) is 0 Å². The molecule has 6 heteroatoms. The van der Waals surface area contributed by atoms with Gasteiger partial charge in [-0.3, -0.25) is 4.79 Å². The second-order valence-corrected chi connectivity index (χ2v) is 4.77. The van der Waals surface area contributed by atoms with E-state index in [9.17, 15) is 9.18 Å². The molecule has 1 heterocycles. The van der Waals surface area contributed by atoms with Gasteiger partial charge in [-0.15, -0.1) is 0 Å². The molecule has 2 N–H and O–H groups in total. The van der Waals surface area contributed by atoms with Crippen molar-refractivity contribution in [3.8, 4) is 0 Å². The molecule has 0 aliphatic rings. The van der Waals surface area contributed by atoms with Crippen molar-refractivity contribution >= 4 is 17.3 Å². The summed E-state index contributed by atoms with van der Waals surface area (Å²) < 4.78 is 15.8. The number of aromatic nitrogens is 2. The highest BCUT2D eigenvalue weighted by molar-refractivity contribution is 5.89. The molecular weight excluding hydrogens is 271 g/mol. The van der Waals surface area contributed by atoms with Gasteiger partial charge in [-0.05, 0) is 24.6 Å². The van der Waals surface area contributed by atoms with Gasteiger partial charge in [0.05, 0.1) is 12.2 Å². The normalized spacial score (nSPS) is 10.4. The van der Waals surface area contributed by atoms with E-state index in [0.29, 0.717) is 17.9 Å². The standard InChI is InChI=1S/C15H19FN4O/c1-3-7-20-8-6-17-15(20)10-18-14-9-12(19-11(2)21)4-5-13(14)16/h4-6,8-9,18H,3,7,10H2,1-2H3,(H,19,21). The quantitative estimate of drug-likeness (QED) is 0.859. The maximum Gasteiger partial charge on any atom is 0.221 e. The minimum absolute atomic E-state index is 0.189. The topological polar surface area (TPSA) is 59.0 Å². The number of halogens is 1. The zero-order valence-electron chi connectivity index (χ0n) is 12.2. The number of hydrogen-bond acceptors (Lipinski definition) is 3. The molecule has 5 nitrogen and oxygen atoms in total. The average Bonchev–Trinajstić information content (AvgIpc) is 2.87. The molecule has 1 aromatic heterocycles. The Balaban J connectivity index is 2.08. The molecule has 0 saturated carbocycles. The van der Waals surface area contributed by atoms with Gasteiger partial charge in [-0.2, -0.15) is 0 Å². The molecule has 0 aliphatic heterocycles. The Kier molecular flexibility index (Phi) is 4.92. The summed E-state index contributed by atoms with van der Waals surface area (Å²) in [6.07, 6.45) is 4.65. The Hall–Kier alpha value is -2.37. The van der Waals surface area contributed by atoms with E-state index in [0.717, 1.165) is 18.8 Å². The Bertz CT molecular complexity index is 624. The number of hydrogen-bond donors (Lipinski definition) is 2. The molecule has 0 aliphatic carbocycles. The number of aryl methyl sites for hydroxylation is 1. The third-order valence-corrected chi connectivity index (χ3v) is 2.99. The monoisotopic (exact) mass is 290 g/mol. The van der Waals surface area contributed by atoms with Crippen LogP contribution in [0.15, 0.2) is 30.6 Å². The molecule has 0 unspecified atom stereocenters. The van der Waals surface area contributed by atoms with Gasteiger partial charge in [0.2, 0.25) is 5.91 Å². The van der Waals surface area contributed by atoms with E-state index < -0.39 is 0 Å². The van der Waals surface area contributed by atoms with Gasteiger partial charge in [0, 0.05) is 31.5 Å². The van der Waals surface area contributed by atoms with Crippen molar-refractivity contribution in [1.29, 1.82) is 0 Å². The number of nitrogens with zero attached hydrogens (tertiary/aromatic N) is 2. The van der Waals surface area contributed by atoms with Gasteiger partial charge in [0.15, 0.2) is 0 Å². The fourth-order valence-electron chi connectivity index (χ4n) is 2.07. The predicted molar refractivity (Wildman–Crippen MR) is 80.5 cm³/mol. The summed E-state index contributed by atoms with van der Waals surface area (Å²) in [6, 6.07) is 4.43. The van der Waals surface area contributed by atoms with Crippen LogP contribution in [0.3, 0.4) is 0 Å². The van der Waals surface area contributed by atoms with E-state index in [1.807, 2.05) is 10.8 Å². The molecule has 0 saturated heterocycles. The number of anilines is 2. The van der Waals surface area contributed by atoms with E-state index in [4.69, 9.17) is 0 Å². The van der Waals surface area contributed by atoms with Gasteiger partial charge in [0.1, 0.15) is 11.6 Å². The van der Waals surface area contributed by atoms with Crippen molar-refractivity contribution in [3.63, 3.8) is 0 Å². The number of benzene rings is 1. The van der Waals surface area contributed by atoms with Crippen LogP contribution in [0, 0.1) is 5.82 Å². The van der Waals surface area contributed by atoms with Crippen LogP contribution in [0.5, 0.6) is 0 Å². The SMILES string of the molecule is CCCn1ccnc1CNc1cc(NC(C)=O)ccc1F. The van der Waals surface area contributed by atoms with Crippen LogP contribution in [0.2, 0.25) is 0 Å². The first kappa shape index (κ1) is 15.0. The molecule has 21 heavy (non-hydrogen) atoms. The van der Waals surface area contributed by atoms with Crippen LogP contribution in [0.4, 0.5) is 15.8 Å². The maximum atomic E-state index is 13.8. The highest BCUT2D eigenvalue weighted by Gasteiger charge is 2.07. The fraction of sp³-hybridized carbons (Fsp3) is 0.333. The van der Waals surface area contributed by atoms with Crippen molar-refractivity contribution in [1.82, 2.24) is 9.55 Å². The molecular formula is C15H19FN4O. The summed E-state index contributed by atoms with van der Waals surface area (Å²) in [7, 11) is 0. The third kappa shape index (κ3) is 4.05. The molecule has 0 bridgehead atoms. The van der Waals surface area contributed by atoms with Crippen LogP contribution in [0.1, 0.15) is 26.1 Å². The highest BCUT2D eigenvalue weighted by atomic mass is 19.1. The molecule has 2 aromatic rings. The Morgan fingerprint density at radius 3 is 2.95 bits per heavy atom. The number of carbonyl (C=O) groups excluding carboxylic acids is 1. The number of amides is 1. The van der Waals surface area contributed by atoms with Crippen LogP contribution in [-0.2, 0) is 17.9 Å². The number of nitrogens with one attached hydrogen (secondary N) is 2. The van der Waals surface area contributed by atoms with Crippen LogP contribution >= 0.6 is 0 Å². The smallest absolute Gasteiger partial charge is 0.221 e. The Labute approximate surface area is 123 Å². The van der Waals surface area contributed by atoms with E-state index in [-0.39, 0.29) is 11.7 Å². The second kappa shape index (κ2) is 6.88. The maximum absolute atomic E-state index is 13.8. The Morgan fingerprint density at radius 1 is 1.43 bits per heavy atom. The van der Waals surface area contributed by atoms with Gasteiger partial charge >= 0.3 is 0 Å². The molecule has 1 aromatic carbocycles. The summed E-state index contributed by atoms with van der Waals surface area (Å²) in [6.45, 7) is 4.81. The molecule has 0 fully saturated rings. The number of rotatable bonds is 6. The molecule has 2 rings (SSSR count). The van der Waals surface area contributed by atoms with Crippen molar-refractivity contribution in [2.75, 3.05) is 10.6 Å². The molecule has 112 valence electrons. The van der Waals surface area contributed by atoms with Gasteiger partial charge in [-0.1, -0.05) is 6.92 Å². The first-order chi connectivity index (χ1) is 10.1. The van der Waals surface area contributed by atoms with Gasteiger partial charge in [0.25, 0.3) is 0 Å². The predicted octanol–water partition coefficient (Wildman–Crippen LogP) is 3.00. The summed E-state index contributed by atoms with van der Waals surface area (Å²) >= 11 is 0. The van der Waals surface area contributed by atoms with E-state index in [2.05, 4.69) is 22.5 Å². The lowest BCUT2D eigenvalue weighted by Crippen LogP contribution is -2.10.